The highest BCUT2D eigenvalue weighted by Crippen LogP contribution is 2.38. The quantitative estimate of drug-likeness (QED) is 0.564. The molecule has 3 N–H and O–H groups in total. The summed E-state index contributed by atoms with van der Waals surface area (Å²) in [6.07, 6.45) is 3.20. The molecule has 8 heteroatoms. The van der Waals surface area contributed by atoms with Crippen LogP contribution in [0.25, 0.3) is 10.8 Å². The van der Waals surface area contributed by atoms with Gasteiger partial charge < -0.3 is 25.4 Å². The molecule has 1 aliphatic heterocycles. The molecule has 2 aromatic carbocycles. The van der Waals surface area contributed by atoms with Crippen molar-refractivity contribution in [3.05, 3.63) is 65.6 Å². The number of hydrogen-bond donors (Lipinski definition) is 2. The Morgan fingerprint density at radius 3 is 2.85 bits per heavy atom. The molecule has 1 aromatic heterocycles. The Bertz CT molecular complexity index is 1190. The second-order valence-electron chi connectivity index (χ2n) is 8.93. The van der Waals surface area contributed by atoms with E-state index < -0.39 is 6.09 Å². The summed E-state index contributed by atoms with van der Waals surface area (Å²) in [5, 5.41) is 4.74. The lowest BCUT2D eigenvalue weighted by molar-refractivity contribution is -0.00641. The van der Waals surface area contributed by atoms with Crippen LogP contribution >= 0.6 is 0 Å². The number of nitrogens with two attached hydrogens (primary N) is 1. The zero-order chi connectivity index (χ0) is 22.9. The number of nitrogens with one attached hydrogen (secondary N) is 1. The van der Waals surface area contributed by atoms with Crippen LogP contribution < -0.4 is 15.8 Å². The molecule has 1 saturated heterocycles. The first-order chi connectivity index (χ1) is 16.0. The Morgan fingerprint density at radius 2 is 2.12 bits per heavy atom. The topological polar surface area (TPSA) is 89.7 Å². The number of hydrogen-bond acceptors (Lipinski definition) is 6. The van der Waals surface area contributed by atoms with Gasteiger partial charge in [-0.2, -0.15) is 0 Å². The summed E-state index contributed by atoms with van der Waals surface area (Å²) >= 11 is 0. The van der Waals surface area contributed by atoms with Crippen LogP contribution in [-0.4, -0.2) is 41.7 Å². The van der Waals surface area contributed by atoms with Gasteiger partial charge in [0.15, 0.2) is 0 Å². The van der Waals surface area contributed by atoms with E-state index >= 15 is 0 Å². The fourth-order valence-corrected chi connectivity index (χ4v) is 4.99. The monoisotopic (exact) mass is 450 g/mol. The molecule has 2 fully saturated rings. The normalized spacial score (nSPS) is 22.1. The Hall–Kier alpha value is -3.23. The predicted octanol–water partition coefficient (Wildman–Crippen LogP) is 4.05. The van der Waals surface area contributed by atoms with Crippen molar-refractivity contribution in [2.75, 3.05) is 18.9 Å². The van der Waals surface area contributed by atoms with Gasteiger partial charge in [-0.3, -0.25) is 0 Å². The minimum absolute atomic E-state index is 0.160. The Labute approximate surface area is 191 Å². The lowest BCUT2D eigenvalue weighted by Gasteiger charge is -2.28. The predicted molar refractivity (Wildman–Crippen MR) is 123 cm³/mol. The standard InChI is InChI=1S/C25H27FN4O3/c1-30-13-18-10-20(30)11-23(18)32-14-15-2-3-17(22(26)8-15)12-29-19-4-5-21-16(9-19)6-7-28-24(21)33-25(27)31/h2-9,18,20,23,29H,10-14H2,1H3,(H2,27,31)/t18-,20?,23+/m1/s1. The largest absolute Gasteiger partial charge is 0.411 e. The molecule has 0 spiro atoms. The molecule has 1 saturated carbocycles. The number of ether oxygens (including phenoxy) is 2. The second-order valence-corrected chi connectivity index (χ2v) is 8.93. The Balaban J connectivity index is 1.19. The second kappa shape index (κ2) is 8.96. The van der Waals surface area contributed by atoms with E-state index in [2.05, 4.69) is 22.2 Å². The summed E-state index contributed by atoms with van der Waals surface area (Å²) in [6.45, 7) is 1.88. The number of carbonyl (C=O) groups is 1. The number of fused-ring (bicyclic) bond motifs is 3. The molecule has 7 nitrogen and oxygen atoms in total. The van der Waals surface area contributed by atoms with Crippen LogP contribution in [0.4, 0.5) is 14.9 Å². The molecular formula is C25H27FN4O3. The van der Waals surface area contributed by atoms with E-state index in [9.17, 15) is 9.18 Å². The molecule has 5 rings (SSSR count). The van der Waals surface area contributed by atoms with Crippen molar-refractivity contribution in [1.29, 1.82) is 0 Å². The highest BCUT2D eigenvalue weighted by atomic mass is 19.1. The van der Waals surface area contributed by atoms with Gasteiger partial charge in [-0.15, -0.1) is 0 Å². The molecule has 2 aliphatic rings. The van der Waals surface area contributed by atoms with Gasteiger partial charge in [0.1, 0.15) is 5.82 Å². The maximum atomic E-state index is 14.7. The number of primary amides is 1. The molecule has 1 unspecified atom stereocenters. The van der Waals surface area contributed by atoms with Crippen LogP contribution in [0.1, 0.15) is 24.0 Å². The smallest absolute Gasteiger partial charge is 0.391 e. The van der Waals surface area contributed by atoms with Crippen molar-refractivity contribution in [2.45, 2.75) is 38.1 Å². The highest BCUT2D eigenvalue weighted by molar-refractivity contribution is 5.90. The molecule has 2 bridgehead atoms. The lowest BCUT2D eigenvalue weighted by Crippen LogP contribution is -2.35. The summed E-state index contributed by atoms with van der Waals surface area (Å²) in [6, 6.07) is 13.2. The van der Waals surface area contributed by atoms with E-state index in [1.165, 1.54) is 6.42 Å². The van der Waals surface area contributed by atoms with Gasteiger partial charge in [0, 0.05) is 42.0 Å². The molecule has 1 aliphatic carbocycles. The summed E-state index contributed by atoms with van der Waals surface area (Å²) in [5.41, 5.74) is 7.34. The number of amides is 1. The van der Waals surface area contributed by atoms with Crippen molar-refractivity contribution < 1.29 is 18.7 Å². The van der Waals surface area contributed by atoms with Crippen molar-refractivity contribution in [3.8, 4) is 5.88 Å². The molecule has 0 radical (unpaired) electrons. The number of rotatable bonds is 7. The first-order valence-corrected chi connectivity index (χ1v) is 11.2. The third kappa shape index (κ3) is 4.62. The SMILES string of the molecule is CN1C[C@H]2CC1C[C@@H]2OCc1ccc(CNc2ccc3c(OC(N)=O)nccc3c2)c(F)c1. The number of nitrogens with zero attached hydrogens (tertiary/aromatic N) is 2. The van der Waals surface area contributed by atoms with Crippen molar-refractivity contribution in [2.24, 2.45) is 11.7 Å². The molecule has 3 aromatic rings. The van der Waals surface area contributed by atoms with Crippen LogP contribution in [0.15, 0.2) is 48.7 Å². The van der Waals surface area contributed by atoms with Crippen molar-refractivity contribution >= 4 is 22.6 Å². The zero-order valence-electron chi connectivity index (χ0n) is 18.5. The van der Waals surface area contributed by atoms with Gasteiger partial charge in [0.2, 0.25) is 5.88 Å². The number of anilines is 1. The number of halogens is 1. The lowest BCUT2D eigenvalue weighted by atomic mass is 10.1. The molecule has 33 heavy (non-hydrogen) atoms. The molecular weight excluding hydrogens is 423 g/mol. The van der Waals surface area contributed by atoms with Crippen LogP contribution in [0.5, 0.6) is 5.88 Å². The summed E-state index contributed by atoms with van der Waals surface area (Å²) in [5.74, 6) is 0.510. The summed E-state index contributed by atoms with van der Waals surface area (Å²) in [7, 11) is 2.17. The van der Waals surface area contributed by atoms with Crippen molar-refractivity contribution in [1.82, 2.24) is 9.88 Å². The number of piperidine rings is 1. The number of benzene rings is 2. The van der Waals surface area contributed by atoms with E-state index in [-0.39, 0.29) is 17.8 Å². The molecule has 2 heterocycles. The Morgan fingerprint density at radius 1 is 1.24 bits per heavy atom. The van der Waals surface area contributed by atoms with Gasteiger partial charge in [0.05, 0.1) is 12.7 Å². The van der Waals surface area contributed by atoms with Crippen LogP contribution in [0.2, 0.25) is 0 Å². The molecule has 3 atom stereocenters. The third-order valence-electron chi connectivity index (χ3n) is 6.74. The van der Waals surface area contributed by atoms with Gasteiger partial charge in [-0.25, -0.2) is 14.2 Å². The first kappa shape index (κ1) is 21.6. The van der Waals surface area contributed by atoms with Crippen LogP contribution in [0, 0.1) is 11.7 Å². The maximum absolute atomic E-state index is 14.7. The number of aromatic nitrogens is 1. The van der Waals surface area contributed by atoms with Crippen LogP contribution in [0.3, 0.4) is 0 Å². The molecule has 1 amide bonds. The summed E-state index contributed by atoms with van der Waals surface area (Å²) in [4.78, 5) is 17.5. The fraction of sp³-hybridized carbons (Fsp3) is 0.360. The number of likely N-dealkylation sites (tertiary alicyclic amines) is 1. The van der Waals surface area contributed by atoms with E-state index in [1.807, 2.05) is 18.2 Å². The molecule has 172 valence electrons. The average molecular weight is 451 g/mol. The number of carbonyl (C=O) groups excluding carboxylic acids is 1. The van der Waals surface area contributed by atoms with Gasteiger partial charge in [-0.1, -0.05) is 12.1 Å². The van der Waals surface area contributed by atoms with E-state index in [0.29, 0.717) is 36.1 Å². The van der Waals surface area contributed by atoms with Gasteiger partial charge in [-0.05, 0) is 67.1 Å². The number of pyridine rings is 1. The van der Waals surface area contributed by atoms with E-state index in [1.54, 1.807) is 30.5 Å². The minimum atomic E-state index is -0.912. The zero-order valence-corrected chi connectivity index (χ0v) is 18.5. The maximum Gasteiger partial charge on any atom is 0.411 e. The minimum Gasteiger partial charge on any atom is -0.391 e. The van der Waals surface area contributed by atoms with E-state index in [0.717, 1.165) is 29.6 Å². The first-order valence-electron chi connectivity index (χ1n) is 11.2. The van der Waals surface area contributed by atoms with E-state index in [4.69, 9.17) is 15.2 Å². The summed E-state index contributed by atoms with van der Waals surface area (Å²) < 4.78 is 25.8. The third-order valence-corrected chi connectivity index (χ3v) is 6.74. The van der Waals surface area contributed by atoms with Gasteiger partial charge in [0.25, 0.3) is 0 Å². The highest BCUT2D eigenvalue weighted by Gasteiger charge is 2.43. The van der Waals surface area contributed by atoms with Crippen molar-refractivity contribution in [3.63, 3.8) is 0 Å². The Kier molecular flexibility index (Phi) is 5.86. The van der Waals surface area contributed by atoms with Gasteiger partial charge >= 0.3 is 6.09 Å². The fourth-order valence-electron chi connectivity index (χ4n) is 4.99. The van der Waals surface area contributed by atoms with Crippen LogP contribution in [-0.2, 0) is 17.9 Å². The average Bonchev–Trinajstić information content (AvgIpc) is 3.36.